The molecule has 0 N–H and O–H groups in total. The number of benzene rings is 1. The number of hydrogen-bond acceptors (Lipinski definition) is 12. The third-order valence-electron chi connectivity index (χ3n) is 5.25. The van der Waals surface area contributed by atoms with Gasteiger partial charge in [-0.3, -0.25) is 29.3 Å². The van der Waals surface area contributed by atoms with Gasteiger partial charge in [-0.25, -0.2) is 0 Å². The monoisotopic (exact) mass is 525 g/mol. The van der Waals surface area contributed by atoms with Gasteiger partial charge in [-0.05, 0) is 12.1 Å². The van der Waals surface area contributed by atoms with Gasteiger partial charge in [0.15, 0.2) is 12.2 Å². The fourth-order valence-corrected chi connectivity index (χ4v) is 3.28. The molecule has 2 rings (SSSR count). The van der Waals surface area contributed by atoms with Crippen LogP contribution >= 0.6 is 0 Å². The summed E-state index contributed by atoms with van der Waals surface area (Å²) in [7, 11) is 0. The molecule has 1 aromatic carbocycles. The van der Waals surface area contributed by atoms with Crippen LogP contribution in [0.15, 0.2) is 24.3 Å². The highest BCUT2D eigenvalue weighted by molar-refractivity contribution is 5.71. The van der Waals surface area contributed by atoms with Crippen molar-refractivity contribution in [2.45, 2.75) is 84.1 Å². The van der Waals surface area contributed by atoms with Crippen LogP contribution in [0, 0.1) is 10.1 Å². The first-order valence-electron chi connectivity index (χ1n) is 11.9. The molecule has 1 aliphatic rings. The molecular formula is C24H31NO12. The highest BCUT2D eigenvalue weighted by Gasteiger charge is 2.55. The van der Waals surface area contributed by atoms with Crippen molar-refractivity contribution in [2.24, 2.45) is 0 Å². The number of ether oxygens (including phenoxy) is 6. The van der Waals surface area contributed by atoms with Gasteiger partial charge in [0.2, 0.25) is 12.4 Å². The Morgan fingerprint density at radius 3 is 1.92 bits per heavy atom. The van der Waals surface area contributed by atoms with E-state index in [-0.39, 0.29) is 37.1 Å². The van der Waals surface area contributed by atoms with Crippen molar-refractivity contribution >= 4 is 29.6 Å². The molecule has 13 heteroatoms. The zero-order valence-electron chi connectivity index (χ0n) is 21.1. The maximum absolute atomic E-state index is 12.3. The van der Waals surface area contributed by atoms with E-state index in [1.54, 1.807) is 27.7 Å². The Balaban J connectivity index is 2.44. The van der Waals surface area contributed by atoms with E-state index in [4.69, 9.17) is 28.4 Å². The van der Waals surface area contributed by atoms with Crippen molar-refractivity contribution in [3.05, 3.63) is 34.4 Å². The highest BCUT2D eigenvalue weighted by Crippen LogP contribution is 2.33. The molecule has 1 saturated heterocycles. The first kappa shape index (κ1) is 29.5. The van der Waals surface area contributed by atoms with Gasteiger partial charge in [0, 0.05) is 37.8 Å². The summed E-state index contributed by atoms with van der Waals surface area (Å²) in [6.45, 7) is 5.85. The average molecular weight is 526 g/mol. The Labute approximate surface area is 213 Å². The van der Waals surface area contributed by atoms with Crippen molar-refractivity contribution in [1.82, 2.24) is 0 Å². The number of hydrogen-bond donors (Lipinski definition) is 0. The van der Waals surface area contributed by atoms with Crippen LogP contribution in [-0.2, 0) is 42.9 Å². The summed E-state index contributed by atoms with van der Waals surface area (Å²) in [6.07, 6.45) is -6.38. The number of carbonyl (C=O) groups is 4. The Morgan fingerprint density at radius 2 is 1.41 bits per heavy atom. The molecule has 0 aromatic heterocycles. The standard InChI is InChI=1S/C24H31NO12/c1-5-17(26)32-13-16(34-18(27)6-2)21-22(35-19(28)7-3)23(36-20(29)8-4)24(37-21)33-15-11-9-14(10-12-15)25(30)31/h9-12,16,21-24H,5-8,13H2,1-4H3/t16-,21-,22+,23-,24?/m1/s1. The minimum absolute atomic E-state index is 0.00132. The molecule has 1 aliphatic heterocycles. The molecule has 0 saturated carbocycles. The van der Waals surface area contributed by atoms with Gasteiger partial charge < -0.3 is 28.4 Å². The number of nitro groups is 1. The van der Waals surface area contributed by atoms with Crippen LogP contribution in [-0.4, -0.2) is 66.1 Å². The summed E-state index contributed by atoms with van der Waals surface area (Å²) in [5.74, 6) is -2.37. The predicted octanol–water partition coefficient (Wildman–Crippen LogP) is 2.62. The maximum atomic E-state index is 12.3. The zero-order chi connectivity index (χ0) is 27.5. The van der Waals surface area contributed by atoms with Crippen LogP contribution in [0.2, 0.25) is 0 Å². The number of esters is 4. The van der Waals surface area contributed by atoms with E-state index >= 15 is 0 Å². The van der Waals surface area contributed by atoms with Crippen molar-refractivity contribution in [3.63, 3.8) is 0 Å². The van der Waals surface area contributed by atoms with E-state index in [0.717, 1.165) is 0 Å². The smallest absolute Gasteiger partial charge is 0.306 e. The lowest BCUT2D eigenvalue weighted by atomic mass is 10.1. The second-order valence-electron chi connectivity index (χ2n) is 7.87. The minimum Gasteiger partial charge on any atom is -0.462 e. The number of carbonyl (C=O) groups excluding carboxylic acids is 4. The third-order valence-corrected chi connectivity index (χ3v) is 5.25. The summed E-state index contributed by atoms with van der Waals surface area (Å²) < 4.78 is 33.4. The third kappa shape index (κ3) is 8.41. The van der Waals surface area contributed by atoms with Crippen LogP contribution < -0.4 is 4.74 Å². The molecule has 0 spiro atoms. The van der Waals surface area contributed by atoms with Crippen molar-refractivity contribution in [3.8, 4) is 5.75 Å². The van der Waals surface area contributed by atoms with Gasteiger partial charge >= 0.3 is 23.9 Å². The highest BCUT2D eigenvalue weighted by atomic mass is 16.7. The lowest BCUT2D eigenvalue weighted by molar-refractivity contribution is -0.384. The summed E-state index contributed by atoms with van der Waals surface area (Å²) in [5, 5.41) is 11.0. The molecule has 204 valence electrons. The predicted molar refractivity (Wildman–Crippen MR) is 124 cm³/mol. The van der Waals surface area contributed by atoms with Gasteiger partial charge in [0.1, 0.15) is 18.5 Å². The lowest BCUT2D eigenvalue weighted by Crippen LogP contribution is -2.47. The Hall–Kier alpha value is -3.74. The van der Waals surface area contributed by atoms with Crippen LogP contribution in [0.3, 0.4) is 0 Å². The van der Waals surface area contributed by atoms with E-state index < -0.39 is 66.1 Å². The van der Waals surface area contributed by atoms with Crippen LogP contribution in [0.25, 0.3) is 0 Å². The number of nitro benzene ring substituents is 1. The Bertz CT molecular complexity index is 963. The summed E-state index contributed by atoms with van der Waals surface area (Å²) in [5.41, 5.74) is -0.175. The van der Waals surface area contributed by atoms with Gasteiger partial charge in [0.25, 0.3) is 5.69 Å². The summed E-state index contributed by atoms with van der Waals surface area (Å²) >= 11 is 0. The van der Waals surface area contributed by atoms with Crippen molar-refractivity contribution < 1.29 is 52.5 Å². The molecule has 0 amide bonds. The minimum atomic E-state index is -1.36. The SMILES string of the molecule is CCC(=O)OC[C@@H](OC(=O)CC)[C@H]1OC(Oc2ccc([N+](=O)[O-])cc2)[C@H](OC(=O)CC)[C@H]1OC(=O)CC. The molecule has 0 radical (unpaired) electrons. The second kappa shape index (κ2) is 14.1. The molecular weight excluding hydrogens is 494 g/mol. The fraction of sp³-hybridized carbons (Fsp3) is 0.583. The maximum Gasteiger partial charge on any atom is 0.306 e. The van der Waals surface area contributed by atoms with Crippen molar-refractivity contribution in [2.75, 3.05) is 6.61 Å². The molecule has 1 fully saturated rings. The zero-order valence-corrected chi connectivity index (χ0v) is 21.1. The van der Waals surface area contributed by atoms with Crippen LogP contribution in [0.4, 0.5) is 5.69 Å². The fourth-order valence-electron chi connectivity index (χ4n) is 3.28. The first-order valence-corrected chi connectivity index (χ1v) is 11.9. The van der Waals surface area contributed by atoms with E-state index in [0.29, 0.717) is 0 Å². The van der Waals surface area contributed by atoms with Gasteiger partial charge in [-0.1, -0.05) is 27.7 Å². The molecule has 13 nitrogen and oxygen atoms in total. The Kier molecular flexibility index (Phi) is 11.2. The van der Waals surface area contributed by atoms with Gasteiger partial charge in [-0.2, -0.15) is 0 Å². The van der Waals surface area contributed by atoms with E-state index in [9.17, 15) is 29.3 Å². The molecule has 1 unspecified atom stereocenters. The lowest BCUT2D eigenvalue weighted by Gasteiger charge is -2.28. The average Bonchev–Trinajstić information content (AvgIpc) is 3.21. The van der Waals surface area contributed by atoms with Crippen LogP contribution in [0.5, 0.6) is 5.75 Å². The van der Waals surface area contributed by atoms with E-state index in [2.05, 4.69) is 0 Å². The Morgan fingerprint density at radius 1 is 0.865 bits per heavy atom. The van der Waals surface area contributed by atoms with Crippen LogP contribution in [0.1, 0.15) is 53.4 Å². The second-order valence-corrected chi connectivity index (χ2v) is 7.87. The topological polar surface area (TPSA) is 167 Å². The van der Waals surface area contributed by atoms with Crippen molar-refractivity contribution in [1.29, 1.82) is 0 Å². The number of rotatable bonds is 13. The summed E-state index contributed by atoms with van der Waals surface area (Å²) in [6, 6.07) is 5.05. The molecule has 5 atom stereocenters. The number of non-ortho nitro benzene ring substituents is 1. The van der Waals surface area contributed by atoms with E-state index in [1.165, 1.54) is 24.3 Å². The van der Waals surface area contributed by atoms with Gasteiger partial charge in [0.05, 0.1) is 4.92 Å². The largest absolute Gasteiger partial charge is 0.462 e. The summed E-state index contributed by atoms with van der Waals surface area (Å²) in [4.78, 5) is 58.8. The molecule has 0 bridgehead atoms. The first-order chi connectivity index (χ1) is 17.6. The molecule has 1 heterocycles. The normalized spacial score (nSPS) is 21.4. The molecule has 1 aromatic rings. The van der Waals surface area contributed by atoms with Gasteiger partial charge in [-0.15, -0.1) is 0 Å². The molecule has 37 heavy (non-hydrogen) atoms. The molecule has 0 aliphatic carbocycles. The number of nitrogens with zero attached hydrogens (tertiary/aromatic N) is 1. The van der Waals surface area contributed by atoms with E-state index in [1.807, 2.05) is 0 Å². The quantitative estimate of drug-likeness (QED) is 0.160.